The highest BCUT2D eigenvalue weighted by atomic mass is 35.5. The third-order valence-corrected chi connectivity index (χ3v) is 8.54. The van der Waals surface area contributed by atoms with E-state index in [1.54, 1.807) is 0 Å². The van der Waals surface area contributed by atoms with Gasteiger partial charge in [-0.15, -0.1) is 0 Å². The topological polar surface area (TPSA) is 107 Å². The van der Waals surface area contributed by atoms with E-state index >= 15 is 0 Å². The van der Waals surface area contributed by atoms with Crippen molar-refractivity contribution in [1.82, 2.24) is 4.90 Å². The number of carboxylic acid groups (broad SMARTS) is 1. The molecule has 1 amide bonds. The summed E-state index contributed by atoms with van der Waals surface area (Å²) in [6, 6.07) is 14.3. The fourth-order valence-electron chi connectivity index (χ4n) is 6.28. The number of rotatable bonds is 12. The van der Waals surface area contributed by atoms with Crippen LogP contribution in [-0.2, 0) is 22.4 Å². The van der Waals surface area contributed by atoms with E-state index in [1.807, 2.05) is 74.2 Å². The Morgan fingerprint density at radius 1 is 1.02 bits per heavy atom. The van der Waals surface area contributed by atoms with Gasteiger partial charge < -0.3 is 29.4 Å². The molecule has 3 aromatic rings. The van der Waals surface area contributed by atoms with Crippen LogP contribution in [0.15, 0.2) is 48.5 Å². The molecule has 9 nitrogen and oxygen atoms in total. The maximum atomic E-state index is 13.7. The molecule has 2 aliphatic heterocycles. The van der Waals surface area contributed by atoms with E-state index in [1.165, 1.54) is 7.11 Å². The average molecular weight is 623 g/mol. The first-order valence-electron chi connectivity index (χ1n) is 15.1. The zero-order chi connectivity index (χ0) is 31.4. The molecule has 3 atom stereocenters. The van der Waals surface area contributed by atoms with Crippen molar-refractivity contribution in [1.29, 1.82) is 0 Å². The van der Waals surface area contributed by atoms with Crippen molar-refractivity contribution >= 4 is 29.2 Å². The number of methoxy groups -OCH3 is 1. The number of likely N-dealkylation sites (tertiary alicyclic amines) is 1. The number of carbonyl (C=O) groups excluding carboxylic acids is 1. The van der Waals surface area contributed by atoms with Gasteiger partial charge in [-0.25, -0.2) is 0 Å². The van der Waals surface area contributed by atoms with Gasteiger partial charge in [0.2, 0.25) is 18.4 Å². The van der Waals surface area contributed by atoms with Gasteiger partial charge in [-0.3, -0.25) is 14.5 Å². The Morgan fingerprint density at radius 3 is 2.34 bits per heavy atom. The van der Waals surface area contributed by atoms with Crippen molar-refractivity contribution in [2.45, 2.75) is 52.0 Å². The number of hydrogen-bond acceptors (Lipinski definition) is 7. The Bertz CT molecular complexity index is 1490. The Labute approximate surface area is 263 Å². The molecule has 2 aliphatic rings. The number of benzene rings is 3. The lowest BCUT2D eigenvalue weighted by molar-refractivity contribution is -0.143. The molecule has 1 fully saturated rings. The number of aryl methyl sites for hydroxylation is 2. The summed E-state index contributed by atoms with van der Waals surface area (Å²) < 4.78 is 22.6. The van der Waals surface area contributed by atoms with Gasteiger partial charge in [-0.05, 0) is 77.9 Å². The van der Waals surface area contributed by atoms with Crippen LogP contribution in [0.25, 0.3) is 0 Å². The summed E-state index contributed by atoms with van der Waals surface area (Å²) in [6.45, 7) is 7.05. The predicted molar refractivity (Wildman–Crippen MR) is 168 cm³/mol. The van der Waals surface area contributed by atoms with Gasteiger partial charge in [0.1, 0.15) is 5.75 Å². The van der Waals surface area contributed by atoms with Crippen molar-refractivity contribution < 1.29 is 33.6 Å². The minimum Gasteiger partial charge on any atom is -0.494 e. The highest BCUT2D eigenvalue weighted by molar-refractivity contribution is 6.30. The fraction of sp³-hybridized carbons (Fsp3) is 0.412. The molecule has 1 unspecified atom stereocenters. The molecule has 0 aromatic heterocycles. The Kier molecular flexibility index (Phi) is 9.86. The molecule has 2 N–H and O–H groups in total. The second kappa shape index (κ2) is 13.8. The summed E-state index contributed by atoms with van der Waals surface area (Å²) in [5.74, 6) is -0.299. The third-order valence-electron chi connectivity index (χ3n) is 8.33. The molecule has 3 aromatic carbocycles. The number of hydrogen-bond donors (Lipinski definition) is 2. The van der Waals surface area contributed by atoms with Crippen LogP contribution >= 0.6 is 11.6 Å². The smallest absolute Gasteiger partial charge is 0.309 e. The van der Waals surface area contributed by atoms with Gasteiger partial charge in [0, 0.05) is 29.2 Å². The van der Waals surface area contributed by atoms with Crippen molar-refractivity contribution in [2.75, 3.05) is 38.9 Å². The predicted octanol–water partition coefficient (Wildman–Crippen LogP) is 6.47. The van der Waals surface area contributed by atoms with Gasteiger partial charge in [-0.2, -0.15) is 0 Å². The largest absolute Gasteiger partial charge is 0.494 e. The van der Waals surface area contributed by atoms with Crippen molar-refractivity contribution in [2.24, 2.45) is 5.92 Å². The number of anilines is 1. The summed E-state index contributed by atoms with van der Waals surface area (Å²) in [5.41, 5.74) is 4.21. The van der Waals surface area contributed by atoms with Crippen LogP contribution in [0.4, 0.5) is 5.69 Å². The number of amides is 1. The molecule has 2 heterocycles. The van der Waals surface area contributed by atoms with E-state index in [4.69, 9.17) is 30.5 Å². The lowest BCUT2D eigenvalue weighted by Crippen LogP contribution is -2.35. The number of nitrogens with zero attached hydrogens (tertiary/aromatic N) is 1. The summed E-state index contributed by atoms with van der Waals surface area (Å²) in [5, 5.41) is 14.4. The summed E-state index contributed by atoms with van der Waals surface area (Å²) in [6.07, 6.45) is 2.29. The first-order chi connectivity index (χ1) is 21.3. The molecule has 0 bridgehead atoms. The zero-order valence-corrected chi connectivity index (χ0v) is 26.3. The zero-order valence-electron chi connectivity index (χ0n) is 25.5. The quantitative estimate of drug-likeness (QED) is 0.237. The fourth-order valence-corrected chi connectivity index (χ4v) is 6.54. The number of carboxylic acids is 1. The summed E-state index contributed by atoms with van der Waals surface area (Å²) in [4.78, 5) is 28.7. The van der Waals surface area contributed by atoms with Gasteiger partial charge >= 0.3 is 5.97 Å². The maximum absolute atomic E-state index is 13.7. The van der Waals surface area contributed by atoms with Gasteiger partial charge in [0.25, 0.3) is 0 Å². The van der Waals surface area contributed by atoms with Gasteiger partial charge in [0.15, 0.2) is 11.5 Å². The molecule has 234 valence electrons. The van der Waals surface area contributed by atoms with Crippen molar-refractivity contribution in [3.05, 3.63) is 75.8 Å². The van der Waals surface area contributed by atoms with Crippen LogP contribution in [0.2, 0.25) is 5.02 Å². The first-order valence-corrected chi connectivity index (χ1v) is 15.4. The van der Waals surface area contributed by atoms with Crippen molar-refractivity contribution in [3.63, 3.8) is 0 Å². The third kappa shape index (κ3) is 6.44. The summed E-state index contributed by atoms with van der Waals surface area (Å²) in [7, 11) is 1.54. The van der Waals surface area contributed by atoms with E-state index in [9.17, 15) is 14.7 Å². The lowest BCUT2D eigenvalue weighted by atomic mass is 9.82. The minimum absolute atomic E-state index is 0.00431. The number of halogens is 1. The molecule has 0 radical (unpaired) electrons. The van der Waals surface area contributed by atoms with Crippen molar-refractivity contribution in [3.8, 4) is 23.0 Å². The van der Waals surface area contributed by atoms with Gasteiger partial charge in [0.05, 0.1) is 26.2 Å². The molecule has 1 saturated heterocycles. The van der Waals surface area contributed by atoms with Crippen LogP contribution < -0.4 is 24.3 Å². The Balaban J connectivity index is 1.51. The lowest BCUT2D eigenvalue weighted by Gasteiger charge is -2.27. The van der Waals surface area contributed by atoms with Crippen LogP contribution in [0.3, 0.4) is 0 Å². The normalized spacial score (nSPS) is 19.2. The number of aliphatic carboxylic acids is 1. The number of ether oxygens (including phenoxy) is 4. The van der Waals surface area contributed by atoms with E-state index < -0.39 is 23.8 Å². The molecule has 0 aliphatic carbocycles. The molecule has 0 saturated carbocycles. The second-order valence-electron chi connectivity index (χ2n) is 11.1. The number of fused-ring (bicyclic) bond motifs is 1. The molecule has 0 spiro atoms. The highest BCUT2D eigenvalue weighted by Gasteiger charge is 2.48. The van der Waals surface area contributed by atoms with E-state index in [0.717, 1.165) is 34.4 Å². The molecular weight excluding hydrogens is 584 g/mol. The monoisotopic (exact) mass is 622 g/mol. The summed E-state index contributed by atoms with van der Waals surface area (Å²) >= 11 is 6.35. The van der Waals surface area contributed by atoms with Crippen LogP contribution in [-0.4, -0.2) is 55.5 Å². The van der Waals surface area contributed by atoms with Crippen LogP contribution in [0.5, 0.6) is 23.0 Å². The van der Waals surface area contributed by atoms with Crippen LogP contribution in [0.1, 0.15) is 61.4 Å². The van der Waals surface area contributed by atoms with E-state index in [-0.39, 0.29) is 19.2 Å². The molecule has 44 heavy (non-hydrogen) atoms. The first kappa shape index (κ1) is 31.5. The maximum Gasteiger partial charge on any atom is 0.309 e. The second-order valence-corrected chi connectivity index (χ2v) is 11.5. The van der Waals surface area contributed by atoms with E-state index in [0.29, 0.717) is 54.0 Å². The SMILES string of the molecule is CCCOc1ccc([C@H]2C(C(=O)O)[C@@H](c3cc(OC)c4c(c3)OCO4)CN2CC(=O)Nc2c(CC)cc(Cl)cc2CC)cc1. The molecule has 10 heteroatoms. The van der Waals surface area contributed by atoms with Crippen LogP contribution in [0, 0.1) is 5.92 Å². The minimum atomic E-state index is -0.954. The number of nitrogens with one attached hydrogen (secondary N) is 1. The number of carbonyl (C=O) groups is 2. The molecule has 5 rings (SSSR count). The van der Waals surface area contributed by atoms with Gasteiger partial charge in [-0.1, -0.05) is 44.5 Å². The van der Waals surface area contributed by atoms with E-state index in [2.05, 4.69) is 5.32 Å². The standard InChI is InChI=1S/C34H39ClN2O7/c1-5-12-42-25-10-8-22(9-11-25)32-30(34(39)40)26(23-15-27(41-4)33-28(16-23)43-19-44-33)17-37(32)18-29(38)36-31-20(6-2)13-24(35)14-21(31)7-3/h8-11,13-16,26,30,32H,5-7,12,17-19H2,1-4H3,(H,36,38)(H,39,40)/t26-,30?,32+/m1/s1. The average Bonchev–Trinajstić information content (AvgIpc) is 3.65. The molecular formula is C34H39ClN2O7. The highest BCUT2D eigenvalue weighted by Crippen LogP contribution is 2.50. The Morgan fingerprint density at radius 2 is 1.73 bits per heavy atom. The Hall–Kier alpha value is -3.95.